The van der Waals surface area contributed by atoms with E-state index in [0.717, 1.165) is 18.7 Å². The molecule has 1 aromatic carbocycles. The molecule has 1 aliphatic heterocycles. The van der Waals surface area contributed by atoms with E-state index in [1.165, 1.54) is 0 Å². The molecule has 1 heterocycles. The fourth-order valence-corrected chi connectivity index (χ4v) is 2.60. The SMILES string of the molecule is O=C(Cc1ccc(Cl)c(Cl)c1)NCC(O)CN1CCOCC1. The number of hydrogen-bond acceptors (Lipinski definition) is 4. The molecule has 122 valence electrons. The minimum Gasteiger partial charge on any atom is -0.390 e. The smallest absolute Gasteiger partial charge is 0.224 e. The summed E-state index contributed by atoms with van der Waals surface area (Å²) in [5.41, 5.74) is 0.787. The number of nitrogens with zero attached hydrogens (tertiary/aromatic N) is 1. The molecule has 0 radical (unpaired) electrons. The number of aliphatic hydroxyl groups excluding tert-OH is 1. The van der Waals surface area contributed by atoms with Crippen molar-refractivity contribution >= 4 is 29.1 Å². The van der Waals surface area contributed by atoms with Gasteiger partial charge in [0.15, 0.2) is 0 Å². The van der Waals surface area contributed by atoms with Gasteiger partial charge in [-0.2, -0.15) is 0 Å². The Morgan fingerprint density at radius 2 is 2.05 bits per heavy atom. The van der Waals surface area contributed by atoms with Crippen LogP contribution in [0.2, 0.25) is 10.0 Å². The van der Waals surface area contributed by atoms with Gasteiger partial charge in [0.1, 0.15) is 0 Å². The number of nitrogens with one attached hydrogen (secondary N) is 1. The molecule has 22 heavy (non-hydrogen) atoms. The van der Waals surface area contributed by atoms with Gasteiger partial charge in [-0.3, -0.25) is 9.69 Å². The first-order valence-electron chi connectivity index (χ1n) is 7.23. The number of carbonyl (C=O) groups is 1. The molecule has 0 saturated carbocycles. The second-order valence-corrected chi connectivity index (χ2v) is 6.11. The molecule has 7 heteroatoms. The lowest BCUT2D eigenvalue weighted by atomic mass is 10.1. The van der Waals surface area contributed by atoms with Crippen molar-refractivity contribution in [2.45, 2.75) is 12.5 Å². The van der Waals surface area contributed by atoms with E-state index in [1.807, 2.05) is 0 Å². The van der Waals surface area contributed by atoms with Crippen LogP contribution in [0.4, 0.5) is 0 Å². The number of halogens is 2. The molecule has 0 bridgehead atoms. The highest BCUT2D eigenvalue weighted by atomic mass is 35.5. The molecule has 2 N–H and O–H groups in total. The van der Waals surface area contributed by atoms with Gasteiger partial charge in [-0.25, -0.2) is 0 Å². The minimum absolute atomic E-state index is 0.153. The van der Waals surface area contributed by atoms with Crippen LogP contribution in [0.1, 0.15) is 5.56 Å². The Kier molecular flexibility index (Phi) is 6.92. The molecule has 1 fully saturated rings. The highest BCUT2D eigenvalue weighted by Crippen LogP contribution is 2.22. The molecule has 0 spiro atoms. The zero-order valence-electron chi connectivity index (χ0n) is 12.2. The van der Waals surface area contributed by atoms with E-state index in [-0.39, 0.29) is 18.9 Å². The summed E-state index contributed by atoms with van der Waals surface area (Å²) in [4.78, 5) is 14.0. The van der Waals surface area contributed by atoms with Gasteiger partial charge < -0.3 is 15.2 Å². The molecule has 1 aliphatic rings. The number of benzene rings is 1. The van der Waals surface area contributed by atoms with Crippen LogP contribution in [-0.4, -0.2) is 61.4 Å². The van der Waals surface area contributed by atoms with Crippen molar-refractivity contribution in [3.8, 4) is 0 Å². The van der Waals surface area contributed by atoms with Gasteiger partial charge in [-0.1, -0.05) is 29.3 Å². The lowest BCUT2D eigenvalue weighted by Crippen LogP contribution is -2.44. The fraction of sp³-hybridized carbons (Fsp3) is 0.533. The van der Waals surface area contributed by atoms with Gasteiger partial charge >= 0.3 is 0 Å². The molecule has 1 unspecified atom stereocenters. The molecule has 0 aromatic heterocycles. The Bertz CT molecular complexity index is 508. The standard InChI is InChI=1S/C15H20Cl2N2O3/c16-13-2-1-11(7-14(13)17)8-15(21)18-9-12(20)10-19-3-5-22-6-4-19/h1-2,7,12,20H,3-6,8-10H2,(H,18,21). The van der Waals surface area contributed by atoms with Gasteiger partial charge in [-0.15, -0.1) is 0 Å². The average Bonchev–Trinajstić information content (AvgIpc) is 2.50. The van der Waals surface area contributed by atoms with E-state index < -0.39 is 6.10 Å². The average molecular weight is 347 g/mol. The van der Waals surface area contributed by atoms with E-state index in [0.29, 0.717) is 29.8 Å². The number of hydrogen-bond donors (Lipinski definition) is 2. The Morgan fingerprint density at radius 3 is 2.73 bits per heavy atom. The Morgan fingerprint density at radius 1 is 1.32 bits per heavy atom. The predicted octanol–water partition coefficient (Wildman–Crippen LogP) is 1.35. The Labute approximate surface area is 140 Å². The highest BCUT2D eigenvalue weighted by molar-refractivity contribution is 6.42. The van der Waals surface area contributed by atoms with E-state index in [9.17, 15) is 9.90 Å². The predicted molar refractivity (Wildman–Crippen MR) is 86.4 cm³/mol. The van der Waals surface area contributed by atoms with Crippen LogP contribution in [0.3, 0.4) is 0 Å². The minimum atomic E-state index is -0.587. The lowest BCUT2D eigenvalue weighted by molar-refractivity contribution is -0.121. The van der Waals surface area contributed by atoms with Crippen molar-refractivity contribution in [1.29, 1.82) is 0 Å². The first kappa shape index (κ1) is 17.5. The zero-order chi connectivity index (χ0) is 15.9. The van der Waals surface area contributed by atoms with Gasteiger partial charge in [0.05, 0.1) is 35.8 Å². The summed E-state index contributed by atoms with van der Waals surface area (Å²) >= 11 is 11.7. The van der Waals surface area contributed by atoms with Crippen LogP contribution in [-0.2, 0) is 16.0 Å². The van der Waals surface area contributed by atoms with Gasteiger partial charge in [0.2, 0.25) is 5.91 Å². The third-order valence-corrected chi connectivity index (χ3v) is 4.20. The van der Waals surface area contributed by atoms with E-state index in [2.05, 4.69) is 10.2 Å². The highest BCUT2D eigenvalue weighted by Gasteiger charge is 2.15. The first-order valence-corrected chi connectivity index (χ1v) is 7.99. The second-order valence-electron chi connectivity index (χ2n) is 5.30. The number of ether oxygens (including phenoxy) is 1. The van der Waals surface area contributed by atoms with E-state index in [1.54, 1.807) is 18.2 Å². The number of morpholine rings is 1. The van der Waals surface area contributed by atoms with Crippen molar-refractivity contribution in [1.82, 2.24) is 10.2 Å². The Balaban J connectivity index is 1.71. The third kappa shape index (κ3) is 5.74. The third-order valence-electron chi connectivity index (χ3n) is 3.46. The van der Waals surface area contributed by atoms with Crippen molar-refractivity contribution in [3.05, 3.63) is 33.8 Å². The topological polar surface area (TPSA) is 61.8 Å². The molecule has 2 rings (SSSR count). The van der Waals surface area contributed by atoms with Crippen LogP contribution < -0.4 is 5.32 Å². The lowest BCUT2D eigenvalue weighted by Gasteiger charge is -2.28. The second kappa shape index (κ2) is 8.70. The maximum atomic E-state index is 11.9. The molecule has 0 aliphatic carbocycles. The number of aliphatic hydroxyl groups is 1. The molecule has 1 atom stereocenters. The molecule has 5 nitrogen and oxygen atoms in total. The number of rotatable bonds is 6. The summed E-state index contributed by atoms with van der Waals surface area (Å²) in [5.74, 6) is -0.153. The normalized spacial score (nSPS) is 17.2. The number of carbonyl (C=O) groups excluding carboxylic acids is 1. The van der Waals surface area contributed by atoms with Crippen molar-refractivity contribution in [2.24, 2.45) is 0 Å². The van der Waals surface area contributed by atoms with Crippen LogP contribution in [0.25, 0.3) is 0 Å². The fourth-order valence-electron chi connectivity index (χ4n) is 2.28. The molecule has 1 saturated heterocycles. The van der Waals surface area contributed by atoms with Gasteiger partial charge in [0.25, 0.3) is 0 Å². The number of β-amino-alcohol motifs (C(OH)–C–C–N with tert-alkyl or cyclic N) is 1. The summed E-state index contributed by atoms with van der Waals surface area (Å²) < 4.78 is 5.25. The summed E-state index contributed by atoms with van der Waals surface area (Å²) in [6, 6.07) is 5.10. The monoisotopic (exact) mass is 346 g/mol. The summed E-state index contributed by atoms with van der Waals surface area (Å²) in [6.45, 7) is 3.78. The van der Waals surface area contributed by atoms with Crippen LogP contribution in [0.5, 0.6) is 0 Å². The summed E-state index contributed by atoms with van der Waals surface area (Å²) in [5, 5.41) is 13.6. The zero-order valence-corrected chi connectivity index (χ0v) is 13.7. The van der Waals surface area contributed by atoms with Gasteiger partial charge in [-0.05, 0) is 17.7 Å². The maximum Gasteiger partial charge on any atom is 0.224 e. The molecule has 1 aromatic rings. The van der Waals surface area contributed by atoms with Crippen LogP contribution in [0, 0.1) is 0 Å². The molecule has 1 amide bonds. The first-order chi connectivity index (χ1) is 10.5. The van der Waals surface area contributed by atoms with E-state index in [4.69, 9.17) is 27.9 Å². The molecular formula is C15H20Cl2N2O3. The Hall–Kier alpha value is -0.850. The van der Waals surface area contributed by atoms with Crippen molar-refractivity contribution in [2.75, 3.05) is 39.4 Å². The summed E-state index contributed by atoms with van der Waals surface area (Å²) in [7, 11) is 0. The van der Waals surface area contributed by atoms with Crippen molar-refractivity contribution < 1.29 is 14.6 Å². The molecular weight excluding hydrogens is 327 g/mol. The van der Waals surface area contributed by atoms with Crippen LogP contribution in [0.15, 0.2) is 18.2 Å². The van der Waals surface area contributed by atoms with E-state index >= 15 is 0 Å². The van der Waals surface area contributed by atoms with Gasteiger partial charge in [0, 0.05) is 26.2 Å². The quantitative estimate of drug-likeness (QED) is 0.816. The van der Waals surface area contributed by atoms with Crippen molar-refractivity contribution in [3.63, 3.8) is 0 Å². The van der Waals surface area contributed by atoms with Crippen LogP contribution >= 0.6 is 23.2 Å². The summed E-state index contributed by atoms with van der Waals surface area (Å²) in [6.07, 6.45) is -0.378. The largest absolute Gasteiger partial charge is 0.390 e. The number of amides is 1. The maximum absolute atomic E-state index is 11.9.